The Morgan fingerprint density at radius 1 is 1.64 bits per heavy atom. The van der Waals surface area contributed by atoms with Crippen LogP contribution in [0.1, 0.15) is 6.92 Å². The van der Waals surface area contributed by atoms with Crippen LogP contribution in [0.25, 0.3) is 0 Å². The molecule has 11 heavy (non-hydrogen) atoms. The summed E-state index contributed by atoms with van der Waals surface area (Å²) in [5.41, 5.74) is 7.86. The number of nitrogens with two attached hydrogens (primary N) is 1. The van der Waals surface area contributed by atoms with Gasteiger partial charge in [0.05, 0.1) is 6.61 Å². The summed E-state index contributed by atoms with van der Waals surface area (Å²) in [5.74, 6) is -1.55. The van der Waals surface area contributed by atoms with Gasteiger partial charge in [-0.05, 0) is 6.92 Å². The quantitative estimate of drug-likeness (QED) is 0.219. The molecule has 0 aliphatic rings. The summed E-state index contributed by atoms with van der Waals surface area (Å²) in [4.78, 5) is 21.2. The fourth-order valence-corrected chi connectivity index (χ4v) is 0.493. The molecule has 0 rings (SSSR count). The molecule has 0 fully saturated rings. The number of carbonyl (C=O) groups excluding carboxylic acids is 2. The number of esters is 1. The van der Waals surface area contributed by atoms with Gasteiger partial charge in [-0.15, -0.1) is 0 Å². The van der Waals surface area contributed by atoms with E-state index in [1.807, 2.05) is 0 Å². The second-order valence-electron chi connectivity index (χ2n) is 1.70. The molecule has 5 nitrogen and oxygen atoms in total. The lowest BCUT2D eigenvalue weighted by Crippen LogP contribution is -2.43. The van der Waals surface area contributed by atoms with Crippen molar-refractivity contribution in [3.05, 3.63) is 11.8 Å². The zero-order valence-electron chi connectivity index (χ0n) is 6.29. The van der Waals surface area contributed by atoms with Crippen LogP contribution >= 0.6 is 0 Å². The molecule has 0 aliphatic heterocycles. The lowest BCUT2D eigenvalue weighted by atomic mass is 10.3. The molecule has 1 amide bonds. The van der Waals surface area contributed by atoms with Crippen molar-refractivity contribution >= 4 is 11.9 Å². The van der Waals surface area contributed by atoms with Crippen molar-refractivity contribution < 1.29 is 20.1 Å². The van der Waals surface area contributed by atoms with Crippen molar-refractivity contribution in [2.24, 2.45) is 5.73 Å². The summed E-state index contributed by atoms with van der Waals surface area (Å²) in [6, 6.07) is 0. The summed E-state index contributed by atoms with van der Waals surface area (Å²) in [6.07, 6.45) is 1.08. The van der Waals surface area contributed by atoms with E-state index in [-0.39, 0.29) is 12.2 Å². The van der Waals surface area contributed by atoms with Crippen molar-refractivity contribution in [2.75, 3.05) is 6.61 Å². The second kappa shape index (κ2) is 4.45. The molecular formula is C6H11N2O3+. The van der Waals surface area contributed by atoms with Gasteiger partial charge in [0.2, 0.25) is 0 Å². The van der Waals surface area contributed by atoms with Gasteiger partial charge in [0.25, 0.3) is 5.91 Å². The minimum absolute atomic E-state index is 0.212. The first-order valence-electron chi connectivity index (χ1n) is 3.09. The average Bonchev–Trinajstić information content (AvgIpc) is 1.88. The number of hydrogen-bond acceptors (Lipinski definition) is 3. The Labute approximate surface area is 64.0 Å². The molecule has 62 valence electrons. The Balaban J connectivity index is 4.29. The van der Waals surface area contributed by atoms with Gasteiger partial charge in [-0.3, -0.25) is 4.79 Å². The molecule has 0 aromatic heterocycles. The first-order chi connectivity index (χ1) is 5.13. The fraction of sp³-hybridized carbons (Fsp3) is 0.333. The zero-order chi connectivity index (χ0) is 8.85. The third kappa shape index (κ3) is 2.81. The molecule has 5 N–H and O–H groups in total. The van der Waals surface area contributed by atoms with E-state index in [0.29, 0.717) is 0 Å². The summed E-state index contributed by atoms with van der Waals surface area (Å²) >= 11 is 0. The molecule has 0 saturated heterocycles. The number of hydrogen-bond donors (Lipinski definition) is 2. The highest BCUT2D eigenvalue weighted by molar-refractivity contribution is 6.15. The minimum atomic E-state index is -0.821. The summed E-state index contributed by atoms with van der Waals surface area (Å²) < 4.78 is 4.51. The number of primary amides is 1. The van der Waals surface area contributed by atoms with Crippen LogP contribution in [0, 0.1) is 0 Å². The molecule has 5 heteroatoms. The predicted octanol–water partition coefficient (Wildman–Crippen LogP) is -1.84. The highest BCUT2D eigenvalue weighted by Gasteiger charge is 2.16. The Bertz CT molecular complexity index is 198. The van der Waals surface area contributed by atoms with Crippen LogP contribution in [0.3, 0.4) is 0 Å². The number of rotatable bonds is 3. The van der Waals surface area contributed by atoms with E-state index in [0.717, 1.165) is 6.20 Å². The molecule has 0 heterocycles. The first-order valence-corrected chi connectivity index (χ1v) is 3.09. The van der Waals surface area contributed by atoms with Crippen LogP contribution in [-0.4, -0.2) is 18.5 Å². The van der Waals surface area contributed by atoms with E-state index < -0.39 is 11.9 Å². The number of quaternary nitrogens is 1. The van der Waals surface area contributed by atoms with Gasteiger partial charge in [0, 0.05) is 0 Å². The van der Waals surface area contributed by atoms with Gasteiger partial charge in [0.1, 0.15) is 6.20 Å². The molecule has 0 saturated carbocycles. The minimum Gasteiger partial charge on any atom is -0.462 e. The maximum Gasteiger partial charge on any atom is 0.349 e. The van der Waals surface area contributed by atoms with Gasteiger partial charge < -0.3 is 16.2 Å². The van der Waals surface area contributed by atoms with Crippen LogP contribution in [0.4, 0.5) is 0 Å². The van der Waals surface area contributed by atoms with Gasteiger partial charge >= 0.3 is 5.97 Å². The monoisotopic (exact) mass is 159 g/mol. The standard InChI is InChI=1S/C6H10N2O3/c1-2-11-6(10)4(3-7)5(8)9/h3H,2,7H2,1H3,(H2,8,9)/p+1. The number of carbonyl (C=O) groups is 2. The third-order valence-electron chi connectivity index (χ3n) is 0.965. The highest BCUT2D eigenvalue weighted by atomic mass is 16.5. The Morgan fingerprint density at radius 3 is 2.45 bits per heavy atom. The highest BCUT2D eigenvalue weighted by Crippen LogP contribution is 1.93. The number of amides is 1. The Morgan fingerprint density at radius 2 is 2.18 bits per heavy atom. The Hall–Kier alpha value is -1.36. The van der Waals surface area contributed by atoms with Gasteiger partial charge in [-0.1, -0.05) is 0 Å². The van der Waals surface area contributed by atoms with E-state index in [4.69, 9.17) is 5.73 Å². The summed E-state index contributed by atoms with van der Waals surface area (Å²) in [6.45, 7) is 1.85. The van der Waals surface area contributed by atoms with Crippen molar-refractivity contribution in [2.45, 2.75) is 6.92 Å². The topological polar surface area (TPSA) is 97.0 Å². The van der Waals surface area contributed by atoms with Crippen LogP contribution in [0.15, 0.2) is 11.8 Å². The molecule has 0 aromatic carbocycles. The van der Waals surface area contributed by atoms with Gasteiger partial charge in [-0.25, -0.2) is 4.79 Å². The molecule has 0 aromatic rings. The normalized spacial score (nSPS) is 10.9. The molecular weight excluding hydrogens is 148 g/mol. The molecule has 0 unspecified atom stereocenters. The van der Waals surface area contributed by atoms with Crippen LogP contribution in [-0.2, 0) is 14.3 Å². The van der Waals surface area contributed by atoms with E-state index >= 15 is 0 Å². The lowest BCUT2D eigenvalue weighted by Gasteiger charge is -1.99. The van der Waals surface area contributed by atoms with E-state index in [9.17, 15) is 9.59 Å². The first kappa shape index (κ1) is 9.64. The van der Waals surface area contributed by atoms with Crippen LogP contribution < -0.4 is 11.5 Å². The average molecular weight is 159 g/mol. The molecule has 0 atom stereocenters. The maximum atomic E-state index is 10.8. The zero-order valence-corrected chi connectivity index (χ0v) is 6.29. The lowest BCUT2D eigenvalue weighted by molar-refractivity contribution is -0.276. The largest absolute Gasteiger partial charge is 0.462 e. The van der Waals surface area contributed by atoms with Crippen LogP contribution in [0.5, 0.6) is 0 Å². The SMILES string of the molecule is CCOC(=O)C(=C[NH3+])C(N)=O. The van der Waals surface area contributed by atoms with E-state index in [1.54, 1.807) is 6.92 Å². The maximum absolute atomic E-state index is 10.8. The molecule has 0 spiro atoms. The molecule has 0 radical (unpaired) electrons. The molecule has 0 bridgehead atoms. The fourth-order valence-electron chi connectivity index (χ4n) is 0.493. The Kier molecular flexibility index (Phi) is 3.90. The third-order valence-corrected chi connectivity index (χ3v) is 0.965. The second-order valence-corrected chi connectivity index (χ2v) is 1.70. The molecule has 0 aliphatic carbocycles. The van der Waals surface area contributed by atoms with E-state index in [1.165, 1.54) is 0 Å². The van der Waals surface area contributed by atoms with Gasteiger partial charge in [0.15, 0.2) is 5.57 Å². The van der Waals surface area contributed by atoms with Crippen molar-refractivity contribution in [1.29, 1.82) is 0 Å². The van der Waals surface area contributed by atoms with Crippen LogP contribution in [0.2, 0.25) is 0 Å². The van der Waals surface area contributed by atoms with Crippen molar-refractivity contribution in [3.8, 4) is 0 Å². The van der Waals surface area contributed by atoms with E-state index in [2.05, 4.69) is 10.5 Å². The predicted molar refractivity (Wildman–Crippen MR) is 36.8 cm³/mol. The summed E-state index contributed by atoms with van der Waals surface area (Å²) in [7, 11) is 0. The summed E-state index contributed by atoms with van der Waals surface area (Å²) in [5, 5.41) is 0. The van der Waals surface area contributed by atoms with Crippen molar-refractivity contribution in [3.63, 3.8) is 0 Å². The van der Waals surface area contributed by atoms with Gasteiger partial charge in [-0.2, -0.15) is 0 Å². The number of ether oxygens (including phenoxy) is 1. The van der Waals surface area contributed by atoms with Crippen molar-refractivity contribution in [1.82, 2.24) is 0 Å². The smallest absolute Gasteiger partial charge is 0.349 e.